The molecule has 0 aliphatic rings. The minimum atomic E-state index is -4.73. The molecule has 7 heteroatoms. The monoisotopic (exact) mass is 346 g/mol. The van der Waals surface area contributed by atoms with Crippen LogP contribution in [0.4, 0.5) is 13.2 Å². The van der Waals surface area contributed by atoms with Crippen molar-refractivity contribution in [2.24, 2.45) is 0 Å². The quantitative estimate of drug-likeness (QED) is 0.488. The third-order valence-corrected chi connectivity index (χ3v) is 4.22. The van der Waals surface area contributed by atoms with E-state index >= 15 is 0 Å². The molecule has 2 aromatic rings. The summed E-state index contributed by atoms with van der Waals surface area (Å²) in [5.41, 5.74) is 0. The van der Waals surface area contributed by atoms with Crippen LogP contribution in [0.15, 0.2) is 23.6 Å². The zero-order valence-electron chi connectivity index (χ0n) is 12.6. The first-order chi connectivity index (χ1) is 10.9. The van der Waals surface area contributed by atoms with Gasteiger partial charge in [-0.05, 0) is 35.4 Å². The third kappa shape index (κ3) is 5.13. The average Bonchev–Trinajstić information content (AvgIpc) is 2.88. The van der Waals surface area contributed by atoms with E-state index in [2.05, 4.69) is 11.7 Å². The average molecular weight is 346 g/mol. The molecule has 0 N–H and O–H groups in total. The Labute approximate surface area is 136 Å². The van der Waals surface area contributed by atoms with Gasteiger partial charge in [0.05, 0.1) is 6.61 Å². The highest BCUT2D eigenvalue weighted by molar-refractivity contribution is 7.13. The summed E-state index contributed by atoms with van der Waals surface area (Å²) in [6.07, 6.45) is -0.711. The van der Waals surface area contributed by atoms with Gasteiger partial charge in [0, 0.05) is 5.39 Å². The summed E-state index contributed by atoms with van der Waals surface area (Å²) in [5.74, 6) is -0.742. The zero-order chi connectivity index (χ0) is 16.9. The van der Waals surface area contributed by atoms with Gasteiger partial charge in [0.25, 0.3) is 0 Å². The van der Waals surface area contributed by atoms with Crippen LogP contribution in [0.25, 0.3) is 10.8 Å². The second-order valence-electron chi connectivity index (χ2n) is 5.06. The Morgan fingerprint density at radius 3 is 2.70 bits per heavy atom. The van der Waals surface area contributed by atoms with Crippen molar-refractivity contribution in [3.05, 3.63) is 28.5 Å². The highest BCUT2D eigenvalue weighted by atomic mass is 32.1. The maximum atomic E-state index is 12.2. The number of unbranched alkanes of at least 4 members (excludes halogenated alkanes) is 3. The van der Waals surface area contributed by atoms with E-state index in [1.54, 1.807) is 5.38 Å². The van der Waals surface area contributed by atoms with Crippen LogP contribution in [-0.2, 0) is 4.74 Å². The molecule has 2 rings (SSSR count). The predicted molar refractivity (Wildman–Crippen MR) is 82.9 cm³/mol. The number of carbonyl (C=O) groups is 1. The van der Waals surface area contributed by atoms with E-state index in [4.69, 9.17) is 4.74 Å². The van der Waals surface area contributed by atoms with Crippen LogP contribution in [0.1, 0.15) is 42.3 Å². The summed E-state index contributed by atoms with van der Waals surface area (Å²) < 4.78 is 45.7. The summed E-state index contributed by atoms with van der Waals surface area (Å²) >= 11 is 1.15. The fourth-order valence-corrected chi connectivity index (χ4v) is 3.05. The minimum absolute atomic E-state index is 0.303. The number of fused-ring (bicyclic) bond motifs is 1. The number of alkyl halides is 3. The molecule has 0 saturated heterocycles. The van der Waals surface area contributed by atoms with Crippen LogP contribution < -0.4 is 4.74 Å². The van der Waals surface area contributed by atoms with E-state index in [1.165, 1.54) is 18.2 Å². The number of ether oxygens (including phenoxy) is 2. The first-order valence-electron chi connectivity index (χ1n) is 7.35. The molecule has 1 aromatic carbocycles. The van der Waals surface area contributed by atoms with E-state index in [0.29, 0.717) is 22.3 Å². The number of benzene rings is 1. The number of rotatable bonds is 7. The van der Waals surface area contributed by atoms with E-state index in [-0.39, 0.29) is 5.75 Å². The predicted octanol–water partition coefficient (Wildman–Crippen LogP) is 5.54. The Morgan fingerprint density at radius 1 is 1.22 bits per heavy atom. The standard InChI is InChI=1S/C16H17F3O3S/c1-2-3-4-5-8-21-15(20)14-13-7-6-12(22-16(17,18)19)9-11(13)10-23-14/h6-7,9-10H,2-5,8H2,1H3. The molecule has 0 amide bonds. The number of thiophene rings is 1. The lowest BCUT2D eigenvalue weighted by Gasteiger charge is -2.08. The minimum Gasteiger partial charge on any atom is -0.461 e. The van der Waals surface area contributed by atoms with Crippen LogP contribution in [0.3, 0.4) is 0 Å². The molecule has 1 heterocycles. The number of halogens is 3. The molecule has 0 aliphatic carbocycles. The number of carbonyl (C=O) groups excluding carboxylic acids is 1. The fraction of sp³-hybridized carbons (Fsp3) is 0.438. The lowest BCUT2D eigenvalue weighted by Crippen LogP contribution is -2.16. The van der Waals surface area contributed by atoms with Gasteiger partial charge >= 0.3 is 12.3 Å². The number of esters is 1. The van der Waals surface area contributed by atoms with Gasteiger partial charge in [-0.1, -0.05) is 26.2 Å². The van der Waals surface area contributed by atoms with Crippen molar-refractivity contribution in [3.63, 3.8) is 0 Å². The molecule has 1 aromatic heterocycles. The van der Waals surface area contributed by atoms with Gasteiger partial charge in [-0.15, -0.1) is 24.5 Å². The summed E-state index contributed by atoms with van der Waals surface area (Å²) in [6.45, 7) is 2.45. The van der Waals surface area contributed by atoms with Gasteiger partial charge in [0.1, 0.15) is 10.6 Å². The van der Waals surface area contributed by atoms with Crippen LogP contribution in [0.2, 0.25) is 0 Å². The molecular formula is C16H17F3O3S. The topological polar surface area (TPSA) is 35.5 Å². The van der Waals surface area contributed by atoms with Crippen molar-refractivity contribution in [1.29, 1.82) is 0 Å². The SMILES string of the molecule is CCCCCCOC(=O)c1scc2cc(OC(F)(F)F)ccc12. The molecule has 0 unspecified atom stereocenters. The van der Waals surface area contributed by atoms with E-state index in [0.717, 1.165) is 37.0 Å². The fourth-order valence-electron chi connectivity index (χ4n) is 2.15. The van der Waals surface area contributed by atoms with Gasteiger partial charge in [-0.3, -0.25) is 0 Å². The molecule has 0 aliphatic heterocycles. The summed E-state index contributed by atoms with van der Waals surface area (Å²) in [4.78, 5) is 12.4. The largest absolute Gasteiger partial charge is 0.573 e. The number of hydrogen-bond acceptors (Lipinski definition) is 4. The second kappa shape index (κ2) is 7.68. The van der Waals surface area contributed by atoms with E-state index in [1.807, 2.05) is 0 Å². The Balaban J connectivity index is 2.03. The van der Waals surface area contributed by atoms with E-state index < -0.39 is 12.3 Å². The highest BCUT2D eigenvalue weighted by Crippen LogP contribution is 2.31. The van der Waals surface area contributed by atoms with Crippen molar-refractivity contribution in [2.75, 3.05) is 6.61 Å². The Hall–Kier alpha value is -1.76. The van der Waals surface area contributed by atoms with E-state index in [9.17, 15) is 18.0 Å². The van der Waals surface area contributed by atoms with Crippen molar-refractivity contribution >= 4 is 28.1 Å². The van der Waals surface area contributed by atoms with Gasteiger partial charge in [-0.25, -0.2) is 4.79 Å². The maximum absolute atomic E-state index is 12.2. The highest BCUT2D eigenvalue weighted by Gasteiger charge is 2.31. The second-order valence-corrected chi connectivity index (χ2v) is 5.94. The molecule has 0 saturated carbocycles. The Morgan fingerprint density at radius 2 is 2.00 bits per heavy atom. The smallest absolute Gasteiger partial charge is 0.461 e. The zero-order valence-corrected chi connectivity index (χ0v) is 13.4. The summed E-state index contributed by atoms with van der Waals surface area (Å²) in [7, 11) is 0. The molecular weight excluding hydrogens is 329 g/mol. The normalized spacial score (nSPS) is 11.7. The van der Waals surface area contributed by atoms with Crippen molar-refractivity contribution in [2.45, 2.75) is 39.0 Å². The lowest BCUT2D eigenvalue weighted by atomic mass is 10.2. The maximum Gasteiger partial charge on any atom is 0.573 e. The molecule has 0 atom stereocenters. The molecule has 0 fully saturated rings. The third-order valence-electron chi connectivity index (χ3n) is 3.22. The van der Waals surface area contributed by atoms with Gasteiger partial charge in [0.15, 0.2) is 0 Å². The Bertz CT molecular complexity index is 664. The van der Waals surface area contributed by atoms with Crippen molar-refractivity contribution in [3.8, 4) is 5.75 Å². The molecule has 0 spiro atoms. The van der Waals surface area contributed by atoms with Crippen molar-refractivity contribution in [1.82, 2.24) is 0 Å². The molecule has 0 radical (unpaired) electrons. The van der Waals surface area contributed by atoms with Gasteiger partial charge in [0.2, 0.25) is 0 Å². The van der Waals surface area contributed by atoms with Gasteiger partial charge in [-0.2, -0.15) is 0 Å². The lowest BCUT2D eigenvalue weighted by molar-refractivity contribution is -0.274. The first-order valence-corrected chi connectivity index (χ1v) is 8.23. The van der Waals surface area contributed by atoms with Crippen LogP contribution in [-0.4, -0.2) is 18.9 Å². The number of hydrogen-bond donors (Lipinski definition) is 0. The molecule has 0 bridgehead atoms. The summed E-state index contributed by atoms with van der Waals surface area (Å²) in [6, 6.07) is 3.90. The summed E-state index contributed by atoms with van der Waals surface area (Å²) in [5, 5.41) is 2.71. The molecule has 23 heavy (non-hydrogen) atoms. The van der Waals surface area contributed by atoms with Crippen LogP contribution >= 0.6 is 11.3 Å². The molecule has 3 nitrogen and oxygen atoms in total. The Kier molecular flexibility index (Phi) is 5.87. The van der Waals surface area contributed by atoms with Gasteiger partial charge < -0.3 is 9.47 Å². The van der Waals surface area contributed by atoms with Crippen LogP contribution in [0.5, 0.6) is 5.75 Å². The first kappa shape index (κ1) is 17.6. The van der Waals surface area contributed by atoms with Crippen LogP contribution in [0, 0.1) is 0 Å². The molecule has 126 valence electrons. The van der Waals surface area contributed by atoms with Crippen molar-refractivity contribution < 1.29 is 27.4 Å².